The average Bonchev–Trinajstić information content (AvgIpc) is 2.89. The molecule has 188 valence electrons. The van der Waals surface area contributed by atoms with Gasteiger partial charge in [0.2, 0.25) is 5.91 Å². The largest absolute Gasteiger partial charge is 0.418 e. The predicted molar refractivity (Wildman–Crippen MR) is 138 cm³/mol. The van der Waals surface area contributed by atoms with Gasteiger partial charge >= 0.3 is 6.18 Å². The Kier molecular flexibility index (Phi) is 7.49. The molecule has 0 fully saturated rings. The highest BCUT2D eigenvalue weighted by atomic mass is 19.4. The first-order valence-electron chi connectivity index (χ1n) is 11.2. The highest BCUT2D eigenvalue weighted by Gasteiger charge is 2.33. The minimum Gasteiger partial charge on any atom is -0.369 e. The van der Waals surface area contributed by atoms with Crippen LogP contribution in [0.25, 0.3) is 11.1 Å². The summed E-state index contributed by atoms with van der Waals surface area (Å²) in [4.78, 5) is 20.7. The van der Waals surface area contributed by atoms with Crippen molar-refractivity contribution in [1.82, 2.24) is 4.98 Å². The van der Waals surface area contributed by atoms with Gasteiger partial charge in [0.15, 0.2) is 11.8 Å². The van der Waals surface area contributed by atoms with Crippen LogP contribution < -0.4 is 22.1 Å². The lowest BCUT2D eigenvalue weighted by atomic mass is 10.1. The van der Waals surface area contributed by atoms with E-state index in [0.717, 1.165) is 17.2 Å². The number of carbonyl (C=O) groups excluding carboxylic acids is 1. The number of pyridine rings is 1. The molecular formula is C27H23F3N6O. The number of aromatic nitrogens is 1. The molecule has 6 N–H and O–H groups in total. The molecule has 4 aromatic rings. The molecule has 0 radical (unpaired) electrons. The van der Waals surface area contributed by atoms with E-state index in [4.69, 9.17) is 11.5 Å². The Labute approximate surface area is 211 Å². The van der Waals surface area contributed by atoms with E-state index in [0.29, 0.717) is 11.3 Å². The highest BCUT2D eigenvalue weighted by Crippen LogP contribution is 2.34. The Morgan fingerprint density at radius 2 is 1.49 bits per heavy atom. The maximum Gasteiger partial charge on any atom is 0.418 e. The number of nitrogens with zero attached hydrogens (tertiary/aromatic N) is 2. The van der Waals surface area contributed by atoms with Gasteiger partial charge in [0.1, 0.15) is 6.04 Å². The van der Waals surface area contributed by atoms with Crippen molar-refractivity contribution in [3.05, 3.63) is 108 Å². The molecule has 0 aliphatic rings. The van der Waals surface area contributed by atoms with E-state index in [1.165, 1.54) is 18.2 Å². The third kappa shape index (κ3) is 6.50. The molecule has 10 heteroatoms. The van der Waals surface area contributed by atoms with Crippen LogP contribution in [0.15, 0.2) is 102 Å². The van der Waals surface area contributed by atoms with Crippen molar-refractivity contribution in [3.63, 3.8) is 0 Å². The molecule has 0 saturated carbocycles. The van der Waals surface area contributed by atoms with E-state index in [1.54, 1.807) is 42.6 Å². The maximum absolute atomic E-state index is 13.2. The van der Waals surface area contributed by atoms with Crippen LogP contribution in [0.2, 0.25) is 0 Å². The van der Waals surface area contributed by atoms with Crippen molar-refractivity contribution in [2.45, 2.75) is 12.2 Å². The number of hydrogen-bond donors (Lipinski definition) is 4. The predicted octanol–water partition coefficient (Wildman–Crippen LogP) is 5.46. The number of halogens is 3. The van der Waals surface area contributed by atoms with Crippen molar-refractivity contribution in [2.75, 3.05) is 10.6 Å². The highest BCUT2D eigenvalue weighted by molar-refractivity contribution is 5.96. The Morgan fingerprint density at radius 3 is 2.14 bits per heavy atom. The van der Waals surface area contributed by atoms with Gasteiger partial charge in [0.05, 0.1) is 11.3 Å². The Morgan fingerprint density at radius 1 is 0.838 bits per heavy atom. The van der Waals surface area contributed by atoms with Crippen molar-refractivity contribution < 1.29 is 18.0 Å². The van der Waals surface area contributed by atoms with Gasteiger partial charge in [-0.1, -0.05) is 54.6 Å². The van der Waals surface area contributed by atoms with E-state index in [9.17, 15) is 18.0 Å². The molecule has 4 rings (SSSR count). The number of hydrogen-bond acceptors (Lipinski definition) is 4. The zero-order valence-corrected chi connectivity index (χ0v) is 19.4. The van der Waals surface area contributed by atoms with Crippen LogP contribution in [0.4, 0.5) is 30.4 Å². The second-order valence-corrected chi connectivity index (χ2v) is 8.03. The van der Waals surface area contributed by atoms with Gasteiger partial charge in [0.25, 0.3) is 0 Å². The fourth-order valence-corrected chi connectivity index (χ4v) is 3.53. The Bertz CT molecular complexity index is 1390. The van der Waals surface area contributed by atoms with Gasteiger partial charge in [-0.25, -0.2) is 4.98 Å². The fraction of sp³-hybridized carbons (Fsp3) is 0.0741. The first-order chi connectivity index (χ1) is 17.7. The van der Waals surface area contributed by atoms with Crippen LogP contribution in [0.3, 0.4) is 0 Å². The van der Waals surface area contributed by atoms with E-state index in [-0.39, 0.29) is 23.4 Å². The smallest absolute Gasteiger partial charge is 0.369 e. The van der Waals surface area contributed by atoms with Crippen molar-refractivity contribution in [3.8, 4) is 11.1 Å². The fourth-order valence-electron chi connectivity index (χ4n) is 3.53. The van der Waals surface area contributed by atoms with Crippen LogP contribution >= 0.6 is 0 Å². The second-order valence-electron chi connectivity index (χ2n) is 8.03. The third-order valence-electron chi connectivity index (χ3n) is 5.41. The molecule has 37 heavy (non-hydrogen) atoms. The molecule has 0 aliphatic carbocycles. The first kappa shape index (κ1) is 25.4. The molecule has 1 aromatic heterocycles. The number of alkyl halides is 3. The van der Waals surface area contributed by atoms with Gasteiger partial charge in [-0.15, -0.1) is 0 Å². The third-order valence-corrected chi connectivity index (χ3v) is 5.41. The molecular weight excluding hydrogens is 481 g/mol. The van der Waals surface area contributed by atoms with Gasteiger partial charge in [-0.05, 0) is 47.5 Å². The Balaban J connectivity index is 1.40. The van der Waals surface area contributed by atoms with Crippen LogP contribution in [-0.2, 0) is 11.0 Å². The molecule has 1 amide bonds. The normalized spacial score (nSPS) is 12.6. The van der Waals surface area contributed by atoms with Gasteiger partial charge in [-0.3, -0.25) is 4.79 Å². The molecule has 1 atom stereocenters. The van der Waals surface area contributed by atoms with E-state index >= 15 is 0 Å². The number of benzene rings is 3. The Hall–Kier alpha value is -4.70. The summed E-state index contributed by atoms with van der Waals surface area (Å²) in [6.45, 7) is 0. The summed E-state index contributed by atoms with van der Waals surface area (Å²) in [5.41, 5.74) is 13.7. The molecule has 0 aliphatic heterocycles. The maximum atomic E-state index is 13.2. The number of rotatable bonds is 6. The summed E-state index contributed by atoms with van der Waals surface area (Å²) in [5.74, 6) is -0.338. The number of aliphatic imine (C=N–C) groups is 1. The number of amides is 1. The molecule has 0 spiro atoms. The second kappa shape index (κ2) is 10.9. The van der Waals surface area contributed by atoms with Gasteiger partial charge < -0.3 is 22.1 Å². The summed E-state index contributed by atoms with van der Waals surface area (Å²) in [7, 11) is 0. The number of para-hydroxylation sites is 1. The quantitative estimate of drug-likeness (QED) is 0.205. The summed E-state index contributed by atoms with van der Waals surface area (Å²) >= 11 is 0. The van der Waals surface area contributed by atoms with Crippen molar-refractivity contribution in [1.29, 1.82) is 0 Å². The van der Waals surface area contributed by atoms with Gasteiger partial charge in [-0.2, -0.15) is 18.2 Å². The van der Waals surface area contributed by atoms with Crippen molar-refractivity contribution in [2.24, 2.45) is 16.5 Å². The molecule has 0 saturated heterocycles. The minimum absolute atomic E-state index is 0.204. The van der Waals surface area contributed by atoms with Crippen LogP contribution in [-0.4, -0.2) is 16.9 Å². The molecule has 1 unspecified atom stereocenters. The summed E-state index contributed by atoms with van der Waals surface area (Å²) < 4.78 is 39.5. The lowest BCUT2D eigenvalue weighted by Gasteiger charge is -2.13. The topological polar surface area (TPSA) is 118 Å². The molecule has 3 aromatic carbocycles. The van der Waals surface area contributed by atoms with Crippen molar-refractivity contribution >= 4 is 29.1 Å². The molecule has 0 bridgehead atoms. The monoisotopic (exact) mass is 504 g/mol. The van der Waals surface area contributed by atoms with E-state index < -0.39 is 17.8 Å². The number of carbonyl (C=O) groups is 1. The van der Waals surface area contributed by atoms with Gasteiger partial charge in [0, 0.05) is 17.4 Å². The zero-order valence-electron chi connectivity index (χ0n) is 19.4. The lowest BCUT2D eigenvalue weighted by molar-refractivity contribution is -0.136. The first-order valence-corrected chi connectivity index (χ1v) is 11.2. The number of nitrogens with one attached hydrogen (secondary N) is 2. The van der Waals surface area contributed by atoms with Crippen LogP contribution in [0.5, 0.6) is 0 Å². The summed E-state index contributed by atoms with van der Waals surface area (Å²) in [6, 6.07) is 23.7. The number of guanidine groups is 1. The van der Waals surface area contributed by atoms with Crippen LogP contribution in [0, 0.1) is 0 Å². The zero-order chi connectivity index (χ0) is 26.4. The van der Waals surface area contributed by atoms with Crippen LogP contribution in [0.1, 0.15) is 17.2 Å². The number of nitrogens with two attached hydrogens (primary N) is 2. The summed E-state index contributed by atoms with van der Waals surface area (Å²) in [5, 5.41) is 5.27. The van der Waals surface area contributed by atoms with E-state index in [1.807, 2.05) is 30.3 Å². The average molecular weight is 505 g/mol. The standard InChI is InChI=1S/C27H23F3N6O/c28-27(29,30)21-8-4-5-9-22(21)35-26(32)36-23-15-12-19(16-33-23)17-10-13-20(14-11-17)34-25(37)24(31)18-6-2-1-3-7-18/h1-16,24H,31H2,(H,34,37)(H3,32,33,35,36). The summed E-state index contributed by atoms with van der Waals surface area (Å²) in [6.07, 6.45) is -2.97. The van der Waals surface area contributed by atoms with E-state index in [2.05, 4.69) is 20.6 Å². The molecule has 1 heterocycles. The SMILES string of the molecule is NC(=Nc1ccc(-c2ccc(NC(=O)C(N)c3ccccc3)cc2)cn1)Nc1ccccc1C(F)(F)F. The number of anilines is 2. The molecule has 7 nitrogen and oxygen atoms in total. The lowest BCUT2D eigenvalue weighted by Crippen LogP contribution is -2.27. The minimum atomic E-state index is -4.53.